The highest BCUT2D eigenvalue weighted by molar-refractivity contribution is 5.26. The fourth-order valence-electron chi connectivity index (χ4n) is 2.67. The number of rotatable bonds is 3. The molecular formula is C16H25NO. The van der Waals surface area contributed by atoms with Crippen LogP contribution in [0.3, 0.4) is 0 Å². The number of phenolic OH excluding ortho intramolecular Hbond substituents is 1. The molecule has 0 spiro atoms. The molecule has 1 N–H and O–H groups in total. The summed E-state index contributed by atoms with van der Waals surface area (Å²) in [7, 11) is 0. The predicted octanol–water partition coefficient (Wildman–Crippen LogP) is 3.45. The zero-order valence-electron chi connectivity index (χ0n) is 11.8. The summed E-state index contributed by atoms with van der Waals surface area (Å²) in [5.74, 6) is 0.353. The van der Waals surface area contributed by atoms with Gasteiger partial charge in [0, 0.05) is 6.04 Å². The van der Waals surface area contributed by atoms with Crippen molar-refractivity contribution in [3.63, 3.8) is 0 Å². The van der Waals surface area contributed by atoms with E-state index < -0.39 is 0 Å². The Morgan fingerprint density at radius 1 is 1.17 bits per heavy atom. The van der Waals surface area contributed by atoms with Crippen molar-refractivity contribution >= 4 is 0 Å². The van der Waals surface area contributed by atoms with Crippen LogP contribution in [0.4, 0.5) is 0 Å². The van der Waals surface area contributed by atoms with Gasteiger partial charge in [-0.1, -0.05) is 26.0 Å². The smallest absolute Gasteiger partial charge is 0.115 e. The van der Waals surface area contributed by atoms with E-state index in [9.17, 15) is 5.11 Å². The Labute approximate surface area is 111 Å². The topological polar surface area (TPSA) is 23.5 Å². The van der Waals surface area contributed by atoms with Crippen molar-refractivity contribution in [1.29, 1.82) is 0 Å². The normalized spacial score (nSPS) is 21.7. The standard InChI is InChI=1S/C16H25NO/c1-13(12-14-4-6-15(18)7-5-14)17-10-8-16(2,3)9-11-17/h4-7,13,18H,8-12H2,1-3H3. The van der Waals surface area contributed by atoms with Gasteiger partial charge in [0.05, 0.1) is 0 Å². The minimum atomic E-state index is 0.353. The minimum absolute atomic E-state index is 0.353. The summed E-state index contributed by atoms with van der Waals surface area (Å²) < 4.78 is 0. The Kier molecular flexibility index (Phi) is 3.96. The highest BCUT2D eigenvalue weighted by atomic mass is 16.3. The second-order valence-corrected chi connectivity index (χ2v) is 6.42. The lowest BCUT2D eigenvalue weighted by Gasteiger charge is -2.40. The van der Waals surface area contributed by atoms with Crippen molar-refractivity contribution in [3.05, 3.63) is 29.8 Å². The third-order valence-corrected chi connectivity index (χ3v) is 4.24. The zero-order chi connectivity index (χ0) is 13.2. The highest BCUT2D eigenvalue weighted by Gasteiger charge is 2.27. The summed E-state index contributed by atoms with van der Waals surface area (Å²) in [5.41, 5.74) is 1.83. The van der Waals surface area contributed by atoms with E-state index in [1.54, 1.807) is 12.1 Å². The molecule has 1 saturated heterocycles. The number of likely N-dealkylation sites (tertiary alicyclic amines) is 1. The fourth-order valence-corrected chi connectivity index (χ4v) is 2.67. The zero-order valence-corrected chi connectivity index (χ0v) is 11.8. The van der Waals surface area contributed by atoms with Crippen molar-refractivity contribution in [1.82, 2.24) is 4.90 Å². The van der Waals surface area contributed by atoms with Gasteiger partial charge >= 0.3 is 0 Å². The number of piperidine rings is 1. The van der Waals surface area contributed by atoms with Crippen molar-refractivity contribution in [3.8, 4) is 5.75 Å². The van der Waals surface area contributed by atoms with E-state index in [0.29, 0.717) is 17.2 Å². The highest BCUT2D eigenvalue weighted by Crippen LogP contribution is 2.30. The number of aromatic hydroxyl groups is 1. The average molecular weight is 247 g/mol. The van der Waals surface area contributed by atoms with E-state index in [1.807, 2.05) is 12.1 Å². The molecule has 100 valence electrons. The summed E-state index contributed by atoms with van der Waals surface area (Å²) in [5, 5.41) is 9.29. The van der Waals surface area contributed by atoms with E-state index in [0.717, 1.165) is 6.42 Å². The molecule has 18 heavy (non-hydrogen) atoms. The first-order valence-electron chi connectivity index (χ1n) is 6.98. The lowest BCUT2D eigenvalue weighted by Crippen LogP contribution is -2.43. The predicted molar refractivity (Wildman–Crippen MR) is 75.9 cm³/mol. The molecule has 0 bridgehead atoms. The first-order valence-corrected chi connectivity index (χ1v) is 6.98. The van der Waals surface area contributed by atoms with Gasteiger partial charge in [-0.25, -0.2) is 0 Å². The summed E-state index contributed by atoms with van der Waals surface area (Å²) in [6.07, 6.45) is 3.67. The van der Waals surface area contributed by atoms with Crippen molar-refractivity contribution in [2.45, 2.75) is 46.1 Å². The van der Waals surface area contributed by atoms with Crippen LogP contribution in [0.25, 0.3) is 0 Å². The largest absolute Gasteiger partial charge is 0.508 e. The Hall–Kier alpha value is -1.02. The van der Waals surface area contributed by atoms with Crippen LogP contribution >= 0.6 is 0 Å². The van der Waals surface area contributed by atoms with Gasteiger partial charge in [-0.15, -0.1) is 0 Å². The van der Waals surface area contributed by atoms with E-state index >= 15 is 0 Å². The Bertz CT molecular complexity index is 373. The molecule has 0 radical (unpaired) electrons. The molecule has 0 amide bonds. The summed E-state index contributed by atoms with van der Waals surface area (Å²) >= 11 is 0. The molecule has 0 aliphatic carbocycles. The molecule has 1 aliphatic rings. The van der Waals surface area contributed by atoms with Crippen LogP contribution in [0, 0.1) is 5.41 Å². The van der Waals surface area contributed by atoms with Crippen LogP contribution in [0.2, 0.25) is 0 Å². The molecule has 1 aromatic rings. The van der Waals surface area contributed by atoms with Crippen molar-refractivity contribution in [2.24, 2.45) is 5.41 Å². The van der Waals surface area contributed by atoms with Gasteiger partial charge in [0.15, 0.2) is 0 Å². The Morgan fingerprint density at radius 3 is 2.28 bits per heavy atom. The Morgan fingerprint density at radius 2 is 1.72 bits per heavy atom. The van der Waals surface area contributed by atoms with E-state index in [4.69, 9.17) is 0 Å². The second kappa shape index (κ2) is 5.31. The van der Waals surface area contributed by atoms with Crippen LogP contribution in [-0.4, -0.2) is 29.1 Å². The lowest BCUT2D eigenvalue weighted by atomic mass is 9.82. The fraction of sp³-hybridized carbons (Fsp3) is 0.625. The molecule has 1 atom stereocenters. The van der Waals surface area contributed by atoms with Gasteiger partial charge in [-0.3, -0.25) is 0 Å². The number of phenols is 1. The van der Waals surface area contributed by atoms with E-state index in [2.05, 4.69) is 25.7 Å². The Balaban J connectivity index is 1.89. The van der Waals surface area contributed by atoms with Gasteiger partial charge < -0.3 is 10.0 Å². The molecule has 2 rings (SSSR count). The molecule has 2 heteroatoms. The number of benzene rings is 1. The van der Waals surface area contributed by atoms with E-state index in [1.165, 1.54) is 31.5 Å². The molecule has 1 fully saturated rings. The summed E-state index contributed by atoms with van der Waals surface area (Å²) in [6.45, 7) is 9.48. The van der Waals surface area contributed by atoms with E-state index in [-0.39, 0.29) is 0 Å². The minimum Gasteiger partial charge on any atom is -0.508 e. The van der Waals surface area contributed by atoms with Crippen molar-refractivity contribution < 1.29 is 5.11 Å². The molecular weight excluding hydrogens is 222 g/mol. The first-order chi connectivity index (χ1) is 8.46. The second-order valence-electron chi connectivity index (χ2n) is 6.42. The van der Waals surface area contributed by atoms with Crippen LogP contribution in [0.1, 0.15) is 39.2 Å². The summed E-state index contributed by atoms with van der Waals surface area (Å²) in [4.78, 5) is 2.60. The van der Waals surface area contributed by atoms with Crippen LogP contribution in [0.5, 0.6) is 5.75 Å². The third kappa shape index (κ3) is 3.49. The SMILES string of the molecule is CC(Cc1ccc(O)cc1)N1CCC(C)(C)CC1. The van der Waals surface area contributed by atoms with Gasteiger partial charge in [-0.05, 0) is 62.4 Å². The van der Waals surface area contributed by atoms with Gasteiger partial charge in [-0.2, -0.15) is 0 Å². The monoisotopic (exact) mass is 247 g/mol. The van der Waals surface area contributed by atoms with Crippen LogP contribution < -0.4 is 0 Å². The van der Waals surface area contributed by atoms with Crippen molar-refractivity contribution in [2.75, 3.05) is 13.1 Å². The number of hydrogen-bond donors (Lipinski definition) is 1. The lowest BCUT2D eigenvalue weighted by molar-refractivity contribution is 0.100. The molecule has 0 saturated carbocycles. The maximum atomic E-state index is 9.29. The molecule has 2 nitrogen and oxygen atoms in total. The molecule has 1 heterocycles. The maximum Gasteiger partial charge on any atom is 0.115 e. The number of nitrogens with zero attached hydrogens (tertiary/aromatic N) is 1. The third-order valence-electron chi connectivity index (χ3n) is 4.24. The van der Waals surface area contributed by atoms with Gasteiger partial charge in [0.1, 0.15) is 5.75 Å². The molecule has 0 aromatic heterocycles. The molecule has 1 aromatic carbocycles. The quantitative estimate of drug-likeness (QED) is 0.884. The van der Waals surface area contributed by atoms with Gasteiger partial charge in [0.2, 0.25) is 0 Å². The average Bonchev–Trinajstić information content (AvgIpc) is 2.32. The van der Waals surface area contributed by atoms with Gasteiger partial charge in [0.25, 0.3) is 0 Å². The van der Waals surface area contributed by atoms with Crippen LogP contribution in [-0.2, 0) is 6.42 Å². The molecule has 1 unspecified atom stereocenters. The first kappa shape index (κ1) is 13.4. The maximum absolute atomic E-state index is 9.29. The van der Waals surface area contributed by atoms with Crippen LogP contribution in [0.15, 0.2) is 24.3 Å². The summed E-state index contributed by atoms with van der Waals surface area (Å²) in [6, 6.07) is 8.20. The number of hydrogen-bond acceptors (Lipinski definition) is 2. The molecule has 1 aliphatic heterocycles.